The molecule has 1 aliphatic heterocycles. The molecule has 2 rings (SSSR count). The Morgan fingerprint density at radius 3 is 2.85 bits per heavy atom. The fraction of sp³-hybridized carbons (Fsp3) is 0.533. The van der Waals surface area contributed by atoms with E-state index in [1.807, 2.05) is 30.5 Å². The van der Waals surface area contributed by atoms with E-state index in [1.54, 1.807) is 11.8 Å². The Balaban J connectivity index is 1.74. The molecule has 1 aromatic carbocycles. The van der Waals surface area contributed by atoms with Crippen molar-refractivity contribution in [1.82, 2.24) is 10.2 Å². The van der Waals surface area contributed by atoms with E-state index < -0.39 is 0 Å². The molecule has 0 aliphatic carbocycles. The number of carbonyl (C=O) groups is 1. The maximum absolute atomic E-state index is 11.9. The van der Waals surface area contributed by atoms with Crippen molar-refractivity contribution in [1.29, 1.82) is 0 Å². The van der Waals surface area contributed by atoms with Gasteiger partial charge in [0.25, 0.3) is 0 Å². The van der Waals surface area contributed by atoms with E-state index in [0.717, 1.165) is 25.3 Å². The van der Waals surface area contributed by atoms with Crippen LogP contribution in [0, 0.1) is 0 Å². The number of morpholine rings is 1. The normalized spacial score (nSPS) is 19.8. The van der Waals surface area contributed by atoms with Crippen LogP contribution >= 0.6 is 11.8 Å². The highest BCUT2D eigenvalue weighted by Crippen LogP contribution is 2.15. The van der Waals surface area contributed by atoms with Crippen molar-refractivity contribution >= 4 is 17.7 Å². The Hall–Kier alpha value is -1.04. The van der Waals surface area contributed by atoms with Crippen molar-refractivity contribution in [2.75, 3.05) is 39.5 Å². The maximum atomic E-state index is 11.9. The molecule has 0 unspecified atom stereocenters. The van der Waals surface area contributed by atoms with Crippen LogP contribution in [0.4, 0.5) is 0 Å². The first-order valence-corrected chi connectivity index (χ1v) is 8.09. The first-order chi connectivity index (χ1) is 9.67. The summed E-state index contributed by atoms with van der Waals surface area (Å²) in [5, 5.41) is 2.95. The molecule has 0 radical (unpaired) electrons. The highest BCUT2D eigenvalue weighted by molar-refractivity contribution is 7.98. The Morgan fingerprint density at radius 2 is 2.20 bits per heavy atom. The maximum Gasteiger partial charge on any atom is 0.224 e. The monoisotopic (exact) mass is 294 g/mol. The standard InChI is InChI=1S/C15H22N2O2S/c1-17-7-8-19-13(11-17)10-16-15(18)9-12-3-5-14(20-2)6-4-12/h3-6,13H,7-11H2,1-2H3,(H,16,18)/t13-/m0/s1. The van der Waals surface area contributed by atoms with Crippen molar-refractivity contribution in [3.05, 3.63) is 29.8 Å². The quantitative estimate of drug-likeness (QED) is 0.834. The average molecular weight is 294 g/mol. The van der Waals surface area contributed by atoms with Gasteiger partial charge in [0.15, 0.2) is 0 Å². The predicted molar refractivity (Wildman–Crippen MR) is 82.2 cm³/mol. The van der Waals surface area contributed by atoms with E-state index >= 15 is 0 Å². The van der Waals surface area contributed by atoms with Crippen LogP contribution in [-0.2, 0) is 16.0 Å². The molecule has 0 spiro atoms. The summed E-state index contributed by atoms with van der Waals surface area (Å²) in [6, 6.07) is 8.12. The van der Waals surface area contributed by atoms with Crippen LogP contribution < -0.4 is 5.32 Å². The van der Waals surface area contributed by atoms with Crippen molar-refractivity contribution in [2.45, 2.75) is 17.4 Å². The van der Waals surface area contributed by atoms with Crippen LogP contribution in [0.5, 0.6) is 0 Å². The Labute approximate surface area is 124 Å². The fourth-order valence-corrected chi connectivity index (χ4v) is 2.62. The molecule has 1 saturated heterocycles. The second-order valence-electron chi connectivity index (χ2n) is 5.08. The topological polar surface area (TPSA) is 41.6 Å². The second-order valence-corrected chi connectivity index (χ2v) is 5.96. The lowest BCUT2D eigenvalue weighted by Crippen LogP contribution is -2.46. The van der Waals surface area contributed by atoms with Gasteiger partial charge >= 0.3 is 0 Å². The van der Waals surface area contributed by atoms with E-state index in [2.05, 4.69) is 17.3 Å². The van der Waals surface area contributed by atoms with Crippen LogP contribution in [0.3, 0.4) is 0 Å². The van der Waals surface area contributed by atoms with Crippen LogP contribution in [0.2, 0.25) is 0 Å². The Kier molecular flexibility index (Phi) is 5.88. The minimum Gasteiger partial charge on any atom is -0.374 e. The molecule has 0 saturated carbocycles. The summed E-state index contributed by atoms with van der Waals surface area (Å²) in [6.45, 7) is 3.17. The summed E-state index contributed by atoms with van der Waals surface area (Å²) in [5.74, 6) is 0.0544. The lowest BCUT2D eigenvalue weighted by molar-refractivity contribution is -0.121. The summed E-state index contributed by atoms with van der Waals surface area (Å²) in [5.41, 5.74) is 1.04. The van der Waals surface area contributed by atoms with Crippen LogP contribution in [0.15, 0.2) is 29.2 Å². The molecule has 1 atom stereocenters. The van der Waals surface area contributed by atoms with Gasteiger partial charge in [-0.1, -0.05) is 12.1 Å². The summed E-state index contributed by atoms with van der Waals surface area (Å²) < 4.78 is 5.62. The summed E-state index contributed by atoms with van der Waals surface area (Å²) in [4.78, 5) is 15.3. The largest absolute Gasteiger partial charge is 0.374 e. The number of nitrogens with one attached hydrogen (secondary N) is 1. The van der Waals surface area contributed by atoms with Gasteiger partial charge in [0.1, 0.15) is 0 Å². The van der Waals surface area contributed by atoms with Gasteiger partial charge in [-0.2, -0.15) is 0 Å². The number of benzene rings is 1. The number of thioether (sulfide) groups is 1. The fourth-order valence-electron chi connectivity index (χ4n) is 2.21. The smallest absolute Gasteiger partial charge is 0.224 e. The summed E-state index contributed by atoms with van der Waals surface area (Å²) in [7, 11) is 2.07. The van der Waals surface area contributed by atoms with E-state index in [1.165, 1.54) is 4.90 Å². The molecular weight excluding hydrogens is 272 g/mol. The number of amides is 1. The van der Waals surface area contributed by atoms with Crippen LogP contribution in [0.1, 0.15) is 5.56 Å². The number of hydrogen-bond acceptors (Lipinski definition) is 4. The molecular formula is C15H22N2O2S. The molecule has 1 heterocycles. The number of rotatable bonds is 5. The van der Waals surface area contributed by atoms with Gasteiger partial charge in [-0.25, -0.2) is 0 Å². The van der Waals surface area contributed by atoms with Gasteiger partial charge in [-0.15, -0.1) is 11.8 Å². The van der Waals surface area contributed by atoms with Crippen molar-refractivity contribution in [2.24, 2.45) is 0 Å². The number of carbonyl (C=O) groups excluding carboxylic acids is 1. The Bertz CT molecular complexity index is 436. The zero-order valence-corrected chi connectivity index (χ0v) is 12.9. The van der Waals surface area contributed by atoms with Gasteiger partial charge in [0.05, 0.1) is 19.1 Å². The summed E-state index contributed by atoms with van der Waals surface area (Å²) >= 11 is 1.70. The molecule has 1 aliphatic rings. The molecule has 110 valence electrons. The molecule has 5 heteroatoms. The highest BCUT2D eigenvalue weighted by atomic mass is 32.2. The van der Waals surface area contributed by atoms with Gasteiger partial charge in [0.2, 0.25) is 5.91 Å². The lowest BCUT2D eigenvalue weighted by atomic mass is 10.1. The van der Waals surface area contributed by atoms with Crippen LogP contribution in [0.25, 0.3) is 0 Å². The van der Waals surface area contributed by atoms with Crippen molar-refractivity contribution in [3.8, 4) is 0 Å². The zero-order chi connectivity index (χ0) is 14.4. The zero-order valence-electron chi connectivity index (χ0n) is 12.1. The molecule has 0 aromatic heterocycles. The van der Waals surface area contributed by atoms with E-state index in [0.29, 0.717) is 13.0 Å². The first kappa shape index (κ1) is 15.4. The number of likely N-dealkylation sites (N-methyl/N-ethyl adjacent to an activating group) is 1. The number of ether oxygens (including phenoxy) is 1. The lowest BCUT2D eigenvalue weighted by Gasteiger charge is -2.30. The highest BCUT2D eigenvalue weighted by Gasteiger charge is 2.18. The molecule has 1 aromatic rings. The molecule has 0 bridgehead atoms. The predicted octanol–water partition coefficient (Wildman–Crippen LogP) is 1.40. The molecule has 1 N–H and O–H groups in total. The SMILES string of the molecule is CSc1ccc(CC(=O)NC[C@H]2CN(C)CCO2)cc1. The van der Waals surface area contributed by atoms with E-state index in [9.17, 15) is 4.79 Å². The number of nitrogens with zero attached hydrogens (tertiary/aromatic N) is 1. The third-order valence-electron chi connectivity index (χ3n) is 3.39. The van der Waals surface area contributed by atoms with Crippen molar-refractivity contribution < 1.29 is 9.53 Å². The molecule has 1 fully saturated rings. The molecule has 20 heavy (non-hydrogen) atoms. The van der Waals surface area contributed by atoms with Gasteiger partial charge in [-0.3, -0.25) is 4.79 Å². The average Bonchev–Trinajstić information content (AvgIpc) is 2.46. The van der Waals surface area contributed by atoms with E-state index in [-0.39, 0.29) is 12.0 Å². The first-order valence-electron chi connectivity index (χ1n) is 6.87. The molecule has 4 nitrogen and oxygen atoms in total. The van der Waals surface area contributed by atoms with Gasteiger partial charge in [0, 0.05) is 24.5 Å². The molecule has 1 amide bonds. The minimum atomic E-state index is 0.0544. The second kappa shape index (κ2) is 7.67. The minimum absolute atomic E-state index is 0.0544. The van der Waals surface area contributed by atoms with Gasteiger partial charge in [-0.05, 0) is 31.0 Å². The Morgan fingerprint density at radius 1 is 1.45 bits per heavy atom. The van der Waals surface area contributed by atoms with Crippen molar-refractivity contribution in [3.63, 3.8) is 0 Å². The third-order valence-corrected chi connectivity index (χ3v) is 4.14. The third kappa shape index (κ3) is 4.81. The van der Waals surface area contributed by atoms with E-state index in [4.69, 9.17) is 4.74 Å². The summed E-state index contributed by atoms with van der Waals surface area (Å²) in [6.07, 6.45) is 2.58. The van der Waals surface area contributed by atoms with Gasteiger partial charge < -0.3 is 15.0 Å². The van der Waals surface area contributed by atoms with Crippen LogP contribution in [-0.4, -0.2) is 56.5 Å². The number of hydrogen-bond donors (Lipinski definition) is 1.